The lowest BCUT2D eigenvalue weighted by atomic mass is 10.1. The van der Waals surface area contributed by atoms with E-state index in [1.54, 1.807) is 28.8 Å². The minimum absolute atomic E-state index is 0.00559. The Balaban J connectivity index is 1.13. The SMILES string of the molecule is O=C(Nc1ncnc2c1ncn2[C@H]1C[C@H](OC(=O)OCCc2ccc([N+](=O)[O-])cc2)[C@@H](CO)O1)OCCc1ccc([N+](=O)[O-])cc1. The van der Waals surface area contributed by atoms with E-state index in [1.807, 2.05) is 0 Å². The van der Waals surface area contributed by atoms with Crippen LogP contribution in [-0.4, -0.2) is 78.7 Å². The van der Waals surface area contributed by atoms with Crippen molar-refractivity contribution in [2.75, 3.05) is 25.1 Å². The lowest BCUT2D eigenvalue weighted by Crippen LogP contribution is -2.30. The van der Waals surface area contributed by atoms with Gasteiger partial charge in [-0.2, -0.15) is 0 Å². The molecule has 2 aromatic carbocycles. The van der Waals surface area contributed by atoms with Crippen molar-refractivity contribution in [3.8, 4) is 0 Å². The first-order chi connectivity index (χ1) is 22.2. The summed E-state index contributed by atoms with van der Waals surface area (Å²) in [6, 6.07) is 11.7. The molecule has 18 heteroatoms. The van der Waals surface area contributed by atoms with E-state index in [4.69, 9.17) is 18.9 Å². The second kappa shape index (κ2) is 14.4. The molecule has 4 aromatic rings. The largest absolute Gasteiger partial charge is 0.508 e. The molecule has 240 valence electrons. The van der Waals surface area contributed by atoms with Crippen molar-refractivity contribution >= 4 is 40.6 Å². The maximum absolute atomic E-state index is 12.4. The molecule has 0 radical (unpaired) electrons. The number of nitrogens with zero attached hydrogens (tertiary/aromatic N) is 6. The van der Waals surface area contributed by atoms with Crippen LogP contribution < -0.4 is 5.32 Å². The number of carbonyl (C=O) groups is 2. The van der Waals surface area contributed by atoms with Gasteiger partial charge in [0.15, 0.2) is 17.0 Å². The fourth-order valence-electron chi connectivity index (χ4n) is 4.69. The molecule has 3 atom stereocenters. The number of imidazole rings is 1. The number of hydrogen-bond donors (Lipinski definition) is 2. The van der Waals surface area contributed by atoms with Crippen LogP contribution in [0.2, 0.25) is 0 Å². The number of ether oxygens (including phenoxy) is 4. The first-order valence-electron chi connectivity index (χ1n) is 13.9. The van der Waals surface area contributed by atoms with E-state index >= 15 is 0 Å². The molecule has 46 heavy (non-hydrogen) atoms. The fourth-order valence-corrected chi connectivity index (χ4v) is 4.69. The molecule has 0 bridgehead atoms. The van der Waals surface area contributed by atoms with Gasteiger partial charge >= 0.3 is 12.2 Å². The van der Waals surface area contributed by atoms with Crippen LogP contribution in [0.3, 0.4) is 0 Å². The number of benzene rings is 2. The Morgan fingerprint density at radius 1 is 0.935 bits per heavy atom. The van der Waals surface area contributed by atoms with Crippen LogP contribution in [0.4, 0.5) is 26.8 Å². The molecule has 0 aliphatic carbocycles. The second-order valence-electron chi connectivity index (χ2n) is 9.96. The number of anilines is 1. The summed E-state index contributed by atoms with van der Waals surface area (Å²) >= 11 is 0. The Morgan fingerprint density at radius 2 is 1.54 bits per heavy atom. The summed E-state index contributed by atoms with van der Waals surface area (Å²) in [5, 5.41) is 33.9. The number of non-ortho nitro benzene ring substituents is 2. The smallest absolute Gasteiger partial charge is 0.449 e. The highest BCUT2D eigenvalue weighted by molar-refractivity contribution is 5.93. The highest BCUT2D eigenvalue weighted by atomic mass is 16.7. The molecule has 5 rings (SSSR count). The molecule has 1 amide bonds. The van der Waals surface area contributed by atoms with Crippen molar-refractivity contribution in [2.24, 2.45) is 0 Å². The van der Waals surface area contributed by atoms with Gasteiger partial charge in [0.05, 0.1) is 36.0 Å². The van der Waals surface area contributed by atoms with Crippen LogP contribution in [0.25, 0.3) is 11.2 Å². The molecule has 1 aliphatic rings. The predicted octanol–water partition coefficient (Wildman–Crippen LogP) is 3.48. The molecule has 18 nitrogen and oxygen atoms in total. The van der Waals surface area contributed by atoms with E-state index in [1.165, 1.54) is 36.9 Å². The van der Waals surface area contributed by atoms with E-state index in [0.717, 1.165) is 11.1 Å². The number of aliphatic hydroxyl groups excluding tert-OH is 1. The van der Waals surface area contributed by atoms with Crippen LogP contribution in [0, 0.1) is 20.2 Å². The Kier molecular flexibility index (Phi) is 9.88. The van der Waals surface area contributed by atoms with Gasteiger partial charge < -0.3 is 24.1 Å². The van der Waals surface area contributed by atoms with Gasteiger partial charge in [-0.3, -0.25) is 30.1 Å². The number of nitro groups is 2. The fraction of sp³-hybridized carbons (Fsp3) is 0.321. The summed E-state index contributed by atoms with van der Waals surface area (Å²) in [5.41, 5.74) is 1.92. The number of amides is 1. The van der Waals surface area contributed by atoms with E-state index < -0.39 is 47.1 Å². The van der Waals surface area contributed by atoms with Gasteiger partial charge in [0.25, 0.3) is 11.4 Å². The molecule has 0 saturated carbocycles. The number of aliphatic hydroxyl groups is 1. The number of hydrogen-bond acceptors (Lipinski definition) is 14. The maximum atomic E-state index is 12.4. The van der Waals surface area contributed by atoms with Gasteiger partial charge in [-0.15, -0.1) is 0 Å². The zero-order valence-electron chi connectivity index (χ0n) is 24.0. The van der Waals surface area contributed by atoms with Crippen LogP contribution in [0.15, 0.2) is 61.2 Å². The number of nitro benzene ring substituents is 2. The predicted molar refractivity (Wildman–Crippen MR) is 156 cm³/mol. The summed E-state index contributed by atoms with van der Waals surface area (Å²) < 4.78 is 23.2. The number of aromatic nitrogens is 4. The topological polar surface area (TPSA) is 233 Å². The zero-order valence-corrected chi connectivity index (χ0v) is 24.0. The monoisotopic (exact) mass is 637 g/mol. The molecular weight excluding hydrogens is 610 g/mol. The third-order valence-electron chi connectivity index (χ3n) is 7.03. The zero-order chi connectivity index (χ0) is 32.6. The van der Waals surface area contributed by atoms with E-state index in [0.29, 0.717) is 18.5 Å². The maximum Gasteiger partial charge on any atom is 0.508 e. The van der Waals surface area contributed by atoms with Crippen molar-refractivity contribution < 1.29 is 43.5 Å². The molecule has 2 N–H and O–H groups in total. The first-order valence-corrected chi connectivity index (χ1v) is 13.9. The molecule has 2 aromatic heterocycles. The lowest BCUT2D eigenvalue weighted by Gasteiger charge is -2.16. The quantitative estimate of drug-likeness (QED) is 0.129. The van der Waals surface area contributed by atoms with E-state index in [-0.39, 0.29) is 42.3 Å². The molecule has 1 aliphatic heterocycles. The number of rotatable bonds is 12. The Morgan fingerprint density at radius 3 is 2.13 bits per heavy atom. The van der Waals surface area contributed by atoms with Gasteiger partial charge in [-0.25, -0.2) is 24.5 Å². The van der Waals surface area contributed by atoms with Crippen LogP contribution >= 0.6 is 0 Å². The van der Waals surface area contributed by atoms with Crippen molar-refractivity contribution in [3.63, 3.8) is 0 Å². The normalized spacial score (nSPS) is 17.4. The van der Waals surface area contributed by atoms with E-state index in [9.17, 15) is 34.9 Å². The van der Waals surface area contributed by atoms with Crippen molar-refractivity contribution in [1.29, 1.82) is 0 Å². The van der Waals surface area contributed by atoms with Crippen LogP contribution in [-0.2, 0) is 31.8 Å². The van der Waals surface area contributed by atoms with Gasteiger partial charge in [0, 0.05) is 43.5 Å². The summed E-state index contributed by atoms with van der Waals surface area (Å²) in [4.78, 5) is 57.9. The Labute approximate surface area is 259 Å². The first kappa shape index (κ1) is 31.7. The summed E-state index contributed by atoms with van der Waals surface area (Å²) in [6.45, 7) is -0.473. The van der Waals surface area contributed by atoms with Crippen LogP contribution in [0.5, 0.6) is 0 Å². The lowest BCUT2D eigenvalue weighted by molar-refractivity contribution is -0.385. The van der Waals surface area contributed by atoms with Gasteiger partial charge in [-0.1, -0.05) is 24.3 Å². The number of fused-ring (bicyclic) bond motifs is 1. The Hall–Kier alpha value is -5.75. The van der Waals surface area contributed by atoms with Gasteiger partial charge in [-0.05, 0) is 11.1 Å². The van der Waals surface area contributed by atoms with Gasteiger partial charge in [0.1, 0.15) is 24.8 Å². The standard InChI is InChI=1S/C28H27N7O11/c36-14-22-21(46-28(38)44-12-10-18-3-7-20(8-4-18)35(41)42)13-23(45-22)33-16-31-24-25(29-15-30-26(24)33)32-27(37)43-11-9-17-1-5-19(6-2-17)34(39)40/h1-8,15-16,21-23,36H,9-14H2,(H,29,30,32,37)/t21-,22+,23+/m0/s1. The molecule has 0 spiro atoms. The van der Waals surface area contributed by atoms with E-state index in [2.05, 4.69) is 20.3 Å². The highest BCUT2D eigenvalue weighted by Gasteiger charge is 2.39. The average molecular weight is 638 g/mol. The van der Waals surface area contributed by atoms with Crippen molar-refractivity contribution in [3.05, 3.63) is 92.5 Å². The molecule has 1 saturated heterocycles. The van der Waals surface area contributed by atoms with Crippen molar-refractivity contribution in [2.45, 2.75) is 37.7 Å². The third-order valence-corrected chi connectivity index (χ3v) is 7.03. The number of nitrogens with one attached hydrogen (secondary N) is 1. The molecule has 3 heterocycles. The minimum atomic E-state index is -0.967. The van der Waals surface area contributed by atoms with Crippen LogP contribution in [0.1, 0.15) is 23.8 Å². The average Bonchev–Trinajstić information content (AvgIpc) is 3.66. The molecule has 0 unspecified atom stereocenters. The summed E-state index contributed by atoms with van der Waals surface area (Å²) in [5.74, 6) is 0.0742. The second-order valence-corrected chi connectivity index (χ2v) is 9.96. The van der Waals surface area contributed by atoms with Gasteiger partial charge in [0.2, 0.25) is 0 Å². The Bertz CT molecular complexity index is 1710. The molecule has 1 fully saturated rings. The minimum Gasteiger partial charge on any atom is -0.449 e. The summed E-state index contributed by atoms with van der Waals surface area (Å²) in [6.07, 6.45) is -0.829. The number of carbonyl (C=O) groups excluding carboxylic acids is 2. The molecular formula is C28H27N7O11. The summed E-state index contributed by atoms with van der Waals surface area (Å²) in [7, 11) is 0. The third kappa shape index (κ3) is 7.66. The highest BCUT2D eigenvalue weighted by Crippen LogP contribution is 2.33. The van der Waals surface area contributed by atoms with Crippen molar-refractivity contribution in [1.82, 2.24) is 19.5 Å².